The Kier molecular flexibility index (Phi) is 1.31. The van der Waals surface area contributed by atoms with Gasteiger partial charge in [-0.15, -0.1) is 0 Å². The molecule has 1 aliphatic carbocycles. The Labute approximate surface area is 61.2 Å². The van der Waals surface area contributed by atoms with Crippen LogP contribution in [0.1, 0.15) is 11.1 Å². The lowest BCUT2D eigenvalue weighted by Gasteiger charge is -2.08. The quantitative estimate of drug-likeness (QED) is 0.503. The van der Waals surface area contributed by atoms with E-state index in [-0.39, 0.29) is 0 Å². The van der Waals surface area contributed by atoms with Crippen LogP contribution in [-0.4, -0.2) is 0 Å². The maximum absolute atomic E-state index is 3.22. The second-order valence-electron chi connectivity index (χ2n) is 2.56. The Morgan fingerprint density at radius 3 is 2.70 bits per heavy atom. The van der Waals surface area contributed by atoms with Crippen molar-refractivity contribution in [3.63, 3.8) is 0 Å². The largest absolute Gasteiger partial charge is 0.0763 e. The van der Waals surface area contributed by atoms with Gasteiger partial charge in [0.25, 0.3) is 0 Å². The highest BCUT2D eigenvalue weighted by Gasteiger charge is 2.01. The summed E-state index contributed by atoms with van der Waals surface area (Å²) in [5.74, 6) is 0. The molecule has 2 rings (SSSR count). The normalized spacial score (nSPS) is 14.8. The summed E-state index contributed by atoms with van der Waals surface area (Å²) in [6.07, 6.45) is 7.39. The molecular weight excluding hydrogens is 120 g/mol. The van der Waals surface area contributed by atoms with Crippen molar-refractivity contribution < 1.29 is 0 Å². The molecule has 0 heterocycles. The Hall–Kier alpha value is -1.04. The summed E-state index contributed by atoms with van der Waals surface area (Å²) < 4.78 is 0. The number of fused-ring (bicyclic) bond motifs is 1. The average molecular weight is 129 g/mol. The van der Waals surface area contributed by atoms with Gasteiger partial charge in [-0.3, -0.25) is 0 Å². The van der Waals surface area contributed by atoms with Gasteiger partial charge >= 0.3 is 0 Å². The lowest BCUT2D eigenvalue weighted by Crippen LogP contribution is -1.95. The van der Waals surface area contributed by atoms with Crippen LogP contribution in [0.4, 0.5) is 0 Å². The van der Waals surface area contributed by atoms with Gasteiger partial charge in [-0.25, -0.2) is 0 Å². The van der Waals surface area contributed by atoms with Crippen LogP contribution in [0, 0.1) is 6.08 Å². The summed E-state index contributed by atoms with van der Waals surface area (Å²) in [6.45, 7) is 0. The third-order valence-electron chi connectivity index (χ3n) is 1.88. The molecule has 0 bridgehead atoms. The third-order valence-corrected chi connectivity index (χ3v) is 1.88. The lowest BCUT2D eigenvalue weighted by atomic mass is 9.97. The molecule has 1 aliphatic rings. The SMILES string of the molecule is [C]1=CCc2ccccc2C1. The second kappa shape index (κ2) is 2.30. The van der Waals surface area contributed by atoms with E-state index in [0.29, 0.717) is 0 Å². The molecule has 0 fully saturated rings. The van der Waals surface area contributed by atoms with Gasteiger partial charge in [0.2, 0.25) is 0 Å². The van der Waals surface area contributed by atoms with E-state index in [0.717, 1.165) is 12.8 Å². The van der Waals surface area contributed by atoms with E-state index < -0.39 is 0 Å². The van der Waals surface area contributed by atoms with E-state index in [4.69, 9.17) is 0 Å². The van der Waals surface area contributed by atoms with Crippen molar-refractivity contribution in [1.82, 2.24) is 0 Å². The molecule has 10 heavy (non-hydrogen) atoms. The molecule has 1 radical (unpaired) electrons. The van der Waals surface area contributed by atoms with Crippen molar-refractivity contribution in [3.05, 3.63) is 47.5 Å². The average Bonchev–Trinajstić information content (AvgIpc) is 2.05. The van der Waals surface area contributed by atoms with Crippen molar-refractivity contribution in [1.29, 1.82) is 0 Å². The smallest absolute Gasteiger partial charge is 0.00232 e. The summed E-state index contributed by atoms with van der Waals surface area (Å²) in [6, 6.07) is 8.55. The fourth-order valence-corrected chi connectivity index (χ4v) is 1.29. The van der Waals surface area contributed by atoms with Gasteiger partial charge < -0.3 is 0 Å². The Balaban J connectivity index is 2.47. The second-order valence-corrected chi connectivity index (χ2v) is 2.56. The van der Waals surface area contributed by atoms with Crippen molar-refractivity contribution in [2.75, 3.05) is 0 Å². The first-order valence-electron chi connectivity index (χ1n) is 3.58. The van der Waals surface area contributed by atoms with E-state index >= 15 is 0 Å². The van der Waals surface area contributed by atoms with Crippen LogP contribution in [-0.2, 0) is 12.8 Å². The molecule has 0 unspecified atom stereocenters. The van der Waals surface area contributed by atoms with E-state index in [2.05, 4.69) is 36.4 Å². The van der Waals surface area contributed by atoms with Gasteiger partial charge in [0.1, 0.15) is 0 Å². The van der Waals surface area contributed by atoms with Crippen molar-refractivity contribution in [2.24, 2.45) is 0 Å². The summed E-state index contributed by atoms with van der Waals surface area (Å²) in [4.78, 5) is 0. The minimum atomic E-state index is 0.996. The minimum Gasteiger partial charge on any atom is -0.0763 e. The molecule has 0 spiro atoms. The molecular formula is C10H9. The first-order valence-corrected chi connectivity index (χ1v) is 3.58. The van der Waals surface area contributed by atoms with Crippen molar-refractivity contribution in [3.8, 4) is 0 Å². The maximum Gasteiger partial charge on any atom is -0.00232 e. The Bertz CT molecular complexity index is 231. The summed E-state index contributed by atoms with van der Waals surface area (Å²) in [5, 5.41) is 0. The number of benzene rings is 1. The number of rotatable bonds is 0. The highest BCUT2D eigenvalue weighted by molar-refractivity contribution is 5.32. The zero-order valence-electron chi connectivity index (χ0n) is 5.80. The third kappa shape index (κ3) is 0.860. The fourth-order valence-electron chi connectivity index (χ4n) is 1.29. The van der Waals surface area contributed by atoms with E-state index in [1.165, 1.54) is 11.1 Å². The highest BCUT2D eigenvalue weighted by atomic mass is 14.1. The predicted molar refractivity (Wildman–Crippen MR) is 41.7 cm³/mol. The van der Waals surface area contributed by atoms with Gasteiger partial charge in [-0.1, -0.05) is 30.3 Å². The summed E-state index contributed by atoms with van der Waals surface area (Å²) in [7, 11) is 0. The van der Waals surface area contributed by atoms with Crippen LogP contribution < -0.4 is 0 Å². The van der Waals surface area contributed by atoms with Gasteiger partial charge in [0.15, 0.2) is 0 Å². The van der Waals surface area contributed by atoms with Crippen LogP contribution in [0.15, 0.2) is 30.3 Å². The van der Waals surface area contributed by atoms with Gasteiger partial charge in [-0.05, 0) is 30.0 Å². The first kappa shape index (κ1) is 5.72. The molecule has 0 N–H and O–H groups in total. The Morgan fingerprint density at radius 1 is 1.10 bits per heavy atom. The zero-order valence-corrected chi connectivity index (χ0v) is 5.80. The maximum atomic E-state index is 3.22. The lowest BCUT2D eigenvalue weighted by molar-refractivity contribution is 1.07. The standard InChI is InChI=1S/C10H9/c1-2-6-10-8-4-3-7-9(10)5-1/h1-3,5-6H,7-8H2. The Morgan fingerprint density at radius 2 is 1.90 bits per heavy atom. The molecule has 1 aromatic rings. The van der Waals surface area contributed by atoms with E-state index in [9.17, 15) is 0 Å². The molecule has 0 saturated carbocycles. The van der Waals surface area contributed by atoms with Crippen LogP contribution >= 0.6 is 0 Å². The van der Waals surface area contributed by atoms with Gasteiger partial charge in [0.05, 0.1) is 0 Å². The molecule has 49 valence electrons. The topological polar surface area (TPSA) is 0 Å². The first-order chi connectivity index (χ1) is 4.97. The van der Waals surface area contributed by atoms with Gasteiger partial charge in [0, 0.05) is 0 Å². The molecule has 1 aromatic carbocycles. The minimum absolute atomic E-state index is 0.996. The number of allylic oxidation sites excluding steroid dienone is 2. The molecule has 0 saturated heterocycles. The molecule has 0 heteroatoms. The molecule has 0 nitrogen and oxygen atoms in total. The predicted octanol–water partition coefficient (Wildman–Crippen LogP) is 2.14. The monoisotopic (exact) mass is 129 g/mol. The van der Waals surface area contributed by atoms with Crippen LogP contribution in [0.2, 0.25) is 0 Å². The molecule has 0 aromatic heterocycles. The fraction of sp³-hybridized carbons (Fsp3) is 0.200. The van der Waals surface area contributed by atoms with E-state index in [1.807, 2.05) is 0 Å². The molecule has 0 atom stereocenters. The summed E-state index contributed by atoms with van der Waals surface area (Å²) in [5.41, 5.74) is 2.89. The van der Waals surface area contributed by atoms with Crippen molar-refractivity contribution >= 4 is 0 Å². The van der Waals surface area contributed by atoms with E-state index in [1.54, 1.807) is 0 Å². The molecule has 0 aliphatic heterocycles. The summed E-state index contributed by atoms with van der Waals surface area (Å²) >= 11 is 0. The van der Waals surface area contributed by atoms with Gasteiger partial charge in [-0.2, -0.15) is 0 Å². The van der Waals surface area contributed by atoms with Crippen molar-refractivity contribution in [2.45, 2.75) is 12.8 Å². The van der Waals surface area contributed by atoms with Crippen LogP contribution in [0.3, 0.4) is 0 Å². The zero-order chi connectivity index (χ0) is 6.81. The highest BCUT2D eigenvalue weighted by Crippen LogP contribution is 2.14. The number of hydrogen-bond donors (Lipinski definition) is 0. The van der Waals surface area contributed by atoms with Crippen LogP contribution in [0.25, 0.3) is 0 Å². The number of hydrogen-bond acceptors (Lipinski definition) is 0. The van der Waals surface area contributed by atoms with Crippen LogP contribution in [0.5, 0.6) is 0 Å². The molecule has 0 amide bonds.